The van der Waals surface area contributed by atoms with Gasteiger partial charge in [-0.2, -0.15) is 0 Å². The Morgan fingerprint density at radius 2 is 0.913 bits per heavy atom. The van der Waals surface area contributed by atoms with E-state index < -0.39 is 0 Å². The van der Waals surface area contributed by atoms with E-state index in [1.807, 2.05) is 62.4 Å². The molecule has 3 aromatic rings. The van der Waals surface area contributed by atoms with Gasteiger partial charge in [0, 0.05) is 11.1 Å². The first-order chi connectivity index (χ1) is 11.0. The molecule has 0 saturated heterocycles. The fraction of sp³-hybridized carbons (Fsp3) is 0.105. The Bertz CT molecular complexity index is 784. The number of hydrogen-bond donors (Lipinski definition) is 0. The average molecular weight is 363 g/mol. The zero-order chi connectivity index (χ0) is 16.6. The van der Waals surface area contributed by atoms with Gasteiger partial charge in [-0.15, -0.1) is 0 Å². The minimum absolute atomic E-state index is 0.328. The van der Waals surface area contributed by atoms with E-state index in [1.54, 1.807) is 0 Å². The van der Waals surface area contributed by atoms with Gasteiger partial charge in [0.1, 0.15) is 0 Å². The molecule has 1 heterocycles. The summed E-state index contributed by atoms with van der Waals surface area (Å²) in [5.41, 5.74) is 5.43. The maximum atomic E-state index is 6.38. The van der Waals surface area contributed by atoms with Crippen molar-refractivity contribution in [1.29, 1.82) is 0 Å². The lowest BCUT2D eigenvalue weighted by molar-refractivity contribution is 1.31. The normalized spacial score (nSPS) is 10.8. The van der Waals surface area contributed by atoms with Crippen molar-refractivity contribution in [3.05, 3.63) is 74.7 Å². The van der Waals surface area contributed by atoms with E-state index >= 15 is 0 Å². The topological polar surface area (TPSA) is 12.9 Å². The minimum Gasteiger partial charge on any atom is -0.245 e. The minimum atomic E-state index is 0.328. The summed E-state index contributed by atoms with van der Waals surface area (Å²) in [6.07, 6.45) is 0. The highest BCUT2D eigenvalue weighted by Gasteiger charge is 2.18. The molecule has 0 spiro atoms. The molecule has 4 heteroatoms. The second kappa shape index (κ2) is 6.52. The molecule has 0 N–H and O–H groups in total. The van der Waals surface area contributed by atoms with E-state index in [4.69, 9.17) is 34.8 Å². The summed E-state index contributed by atoms with van der Waals surface area (Å²) < 4.78 is 0. The monoisotopic (exact) mass is 361 g/mol. The first-order valence-electron chi connectivity index (χ1n) is 7.16. The van der Waals surface area contributed by atoms with Crippen LogP contribution in [0.5, 0.6) is 0 Å². The molecule has 0 amide bonds. The maximum Gasteiger partial charge on any atom is 0.0912 e. The van der Waals surface area contributed by atoms with Crippen molar-refractivity contribution in [2.24, 2.45) is 0 Å². The van der Waals surface area contributed by atoms with Crippen molar-refractivity contribution in [1.82, 2.24) is 4.98 Å². The molecule has 23 heavy (non-hydrogen) atoms. The maximum absolute atomic E-state index is 6.38. The molecule has 0 radical (unpaired) electrons. The Balaban J connectivity index is 2.22. The summed E-state index contributed by atoms with van der Waals surface area (Å²) in [6.45, 7) is 4.07. The number of benzene rings is 2. The molecule has 0 fully saturated rings. The van der Waals surface area contributed by atoms with Crippen LogP contribution in [0.3, 0.4) is 0 Å². The Kier molecular flexibility index (Phi) is 4.63. The van der Waals surface area contributed by atoms with Gasteiger partial charge in [-0.25, -0.2) is 4.98 Å². The third-order valence-electron chi connectivity index (χ3n) is 3.67. The SMILES string of the molecule is Cc1ccc(-c2nc(-c3ccc(C)cc3)c(Cl)c(Cl)c2Cl)cc1. The van der Waals surface area contributed by atoms with Crippen molar-refractivity contribution in [2.75, 3.05) is 0 Å². The Hall–Kier alpha value is -1.54. The molecule has 116 valence electrons. The molecule has 0 bridgehead atoms. The van der Waals surface area contributed by atoms with Crippen LogP contribution < -0.4 is 0 Å². The Morgan fingerprint density at radius 1 is 0.565 bits per heavy atom. The lowest BCUT2D eigenvalue weighted by atomic mass is 10.1. The molecule has 0 unspecified atom stereocenters. The van der Waals surface area contributed by atoms with E-state index in [0.717, 1.165) is 11.1 Å². The molecule has 0 aliphatic rings. The predicted molar refractivity (Wildman–Crippen MR) is 99.6 cm³/mol. The van der Waals surface area contributed by atoms with Gasteiger partial charge in [-0.05, 0) is 13.8 Å². The first kappa shape index (κ1) is 16.3. The lowest BCUT2D eigenvalue weighted by Gasteiger charge is -2.12. The zero-order valence-corrected chi connectivity index (χ0v) is 15.0. The van der Waals surface area contributed by atoms with Gasteiger partial charge in [0.15, 0.2) is 0 Å². The molecule has 2 aromatic carbocycles. The molecule has 0 atom stereocenters. The third-order valence-corrected chi connectivity index (χ3v) is 4.98. The zero-order valence-electron chi connectivity index (χ0n) is 12.7. The third kappa shape index (κ3) is 3.23. The summed E-state index contributed by atoms with van der Waals surface area (Å²) in [5.74, 6) is 0. The molecule has 0 aliphatic heterocycles. The summed E-state index contributed by atoms with van der Waals surface area (Å²) in [4.78, 5) is 4.68. The smallest absolute Gasteiger partial charge is 0.0912 e. The van der Waals surface area contributed by atoms with Crippen molar-refractivity contribution in [2.45, 2.75) is 13.8 Å². The van der Waals surface area contributed by atoms with Gasteiger partial charge in [0.25, 0.3) is 0 Å². The van der Waals surface area contributed by atoms with Crippen molar-refractivity contribution < 1.29 is 0 Å². The van der Waals surface area contributed by atoms with Gasteiger partial charge >= 0.3 is 0 Å². The largest absolute Gasteiger partial charge is 0.245 e. The fourth-order valence-electron chi connectivity index (χ4n) is 2.32. The number of nitrogens with zero attached hydrogens (tertiary/aromatic N) is 1. The van der Waals surface area contributed by atoms with Gasteiger partial charge < -0.3 is 0 Å². The van der Waals surface area contributed by atoms with E-state index in [1.165, 1.54) is 11.1 Å². The van der Waals surface area contributed by atoms with Crippen molar-refractivity contribution >= 4 is 34.8 Å². The van der Waals surface area contributed by atoms with Crippen LogP contribution in [0.15, 0.2) is 48.5 Å². The van der Waals surface area contributed by atoms with Gasteiger partial charge in [0.2, 0.25) is 0 Å². The molecule has 1 aromatic heterocycles. The van der Waals surface area contributed by atoms with Crippen LogP contribution in [0.2, 0.25) is 15.1 Å². The number of aryl methyl sites for hydroxylation is 2. The van der Waals surface area contributed by atoms with Crippen LogP contribution in [-0.4, -0.2) is 4.98 Å². The summed E-state index contributed by atoms with van der Waals surface area (Å²) in [6, 6.07) is 16.0. The molecule has 0 saturated carbocycles. The second-order valence-electron chi connectivity index (χ2n) is 5.48. The van der Waals surface area contributed by atoms with Crippen molar-refractivity contribution in [3.8, 4) is 22.5 Å². The first-order valence-corrected chi connectivity index (χ1v) is 8.29. The molecule has 0 aliphatic carbocycles. The van der Waals surface area contributed by atoms with Crippen LogP contribution >= 0.6 is 34.8 Å². The van der Waals surface area contributed by atoms with Crippen molar-refractivity contribution in [3.63, 3.8) is 0 Å². The predicted octanol–water partition coefficient (Wildman–Crippen LogP) is 6.99. The molecule has 3 rings (SSSR count). The number of aromatic nitrogens is 1. The quantitative estimate of drug-likeness (QED) is 0.478. The fourth-order valence-corrected chi connectivity index (χ4v) is 3.04. The Morgan fingerprint density at radius 3 is 1.26 bits per heavy atom. The molecular weight excluding hydrogens is 349 g/mol. The number of pyridine rings is 1. The van der Waals surface area contributed by atoms with E-state index in [9.17, 15) is 0 Å². The number of halogens is 3. The standard InChI is InChI=1S/C19H14Cl3N/c1-11-3-7-13(8-4-11)18-16(21)15(20)17(22)19(23-18)14-9-5-12(2)6-10-14/h3-10H,1-2H3. The van der Waals surface area contributed by atoms with E-state index in [-0.39, 0.29) is 0 Å². The summed E-state index contributed by atoms with van der Waals surface area (Å²) in [7, 11) is 0. The van der Waals surface area contributed by atoms with Crippen LogP contribution in [0.1, 0.15) is 11.1 Å². The van der Waals surface area contributed by atoms with Crippen LogP contribution in [0.4, 0.5) is 0 Å². The Labute approximate surface area is 150 Å². The highest BCUT2D eigenvalue weighted by atomic mass is 35.5. The number of hydrogen-bond acceptors (Lipinski definition) is 1. The van der Waals surface area contributed by atoms with Gasteiger partial charge in [0.05, 0.1) is 26.5 Å². The van der Waals surface area contributed by atoms with Gasteiger partial charge in [-0.1, -0.05) is 94.5 Å². The summed E-state index contributed by atoms with van der Waals surface area (Å²) in [5, 5.41) is 1.07. The van der Waals surface area contributed by atoms with Crippen LogP contribution in [0.25, 0.3) is 22.5 Å². The lowest BCUT2D eigenvalue weighted by Crippen LogP contribution is -1.93. The summed E-state index contributed by atoms with van der Waals surface area (Å²) >= 11 is 19.1. The van der Waals surface area contributed by atoms with Crippen LogP contribution in [0, 0.1) is 13.8 Å². The average Bonchev–Trinajstić information content (AvgIpc) is 2.55. The highest BCUT2D eigenvalue weighted by Crippen LogP contribution is 2.41. The molecular formula is C19H14Cl3N. The van der Waals surface area contributed by atoms with Crippen LogP contribution in [-0.2, 0) is 0 Å². The highest BCUT2D eigenvalue weighted by molar-refractivity contribution is 6.50. The second-order valence-corrected chi connectivity index (χ2v) is 6.62. The molecule has 1 nitrogen and oxygen atoms in total. The van der Waals surface area contributed by atoms with Gasteiger partial charge in [-0.3, -0.25) is 0 Å². The van der Waals surface area contributed by atoms with E-state index in [2.05, 4.69) is 4.98 Å². The van der Waals surface area contributed by atoms with E-state index in [0.29, 0.717) is 26.5 Å². The number of rotatable bonds is 2.